The molecule has 23 heavy (non-hydrogen) atoms. The molecule has 0 fully saturated rings. The van der Waals surface area contributed by atoms with E-state index in [2.05, 4.69) is 10.6 Å². The van der Waals surface area contributed by atoms with Gasteiger partial charge in [0.2, 0.25) is 0 Å². The van der Waals surface area contributed by atoms with E-state index in [1.54, 1.807) is 48.5 Å². The highest BCUT2D eigenvalue weighted by molar-refractivity contribution is 6.09. The summed E-state index contributed by atoms with van der Waals surface area (Å²) in [5.74, 6) is -2.05. The lowest BCUT2D eigenvalue weighted by molar-refractivity contribution is -0.138. The molecule has 118 valence electrons. The van der Waals surface area contributed by atoms with Gasteiger partial charge in [-0.1, -0.05) is 30.3 Å². The number of rotatable bonds is 5. The lowest BCUT2D eigenvalue weighted by atomic mass is 10.1. The van der Waals surface area contributed by atoms with Gasteiger partial charge in [-0.25, -0.2) is 0 Å². The summed E-state index contributed by atoms with van der Waals surface area (Å²) in [6, 6.07) is 14.0. The van der Waals surface area contributed by atoms with E-state index in [-0.39, 0.29) is 11.5 Å². The van der Waals surface area contributed by atoms with Crippen molar-refractivity contribution in [3.05, 3.63) is 65.7 Å². The van der Waals surface area contributed by atoms with Crippen LogP contribution in [0, 0.1) is 0 Å². The Kier molecular flexibility index (Phi) is 5.09. The molecule has 0 heterocycles. The Labute approximate surface area is 133 Å². The van der Waals surface area contributed by atoms with E-state index >= 15 is 0 Å². The molecule has 0 unspecified atom stereocenters. The first-order chi connectivity index (χ1) is 11.0. The molecule has 0 bridgehead atoms. The lowest BCUT2D eigenvalue weighted by Gasteiger charge is -2.13. The van der Waals surface area contributed by atoms with Crippen LogP contribution >= 0.6 is 0 Å². The highest BCUT2D eigenvalue weighted by Gasteiger charge is 2.18. The van der Waals surface area contributed by atoms with Crippen LogP contribution in [-0.2, 0) is 4.79 Å². The zero-order valence-electron chi connectivity index (χ0n) is 12.4. The van der Waals surface area contributed by atoms with E-state index in [9.17, 15) is 14.4 Å². The molecular formula is C17H16N2O4. The normalized spacial score (nSPS) is 11.3. The van der Waals surface area contributed by atoms with Gasteiger partial charge in [0.15, 0.2) is 0 Å². The molecule has 2 aromatic carbocycles. The van der Waals surface area contributed by atoms with Crippen LogP contribution in [0.5, 0.6) is 0 Å². The molecule has 6 nitrogen and oxygen atoms in total. The Morgan fingerprint density at radius 3 is 2.17 bits per heavy atom. The van der Waals surface area contributed by atoms with Crippen LogP contribution in [0.3, 0.4) is 0 Å². The van der Waals surface area contributed by atoms with Crippen molar-refractivity contribution in [2.75, 3.05) is 5.32 Å². The molecule has 2 rings (SSSR count). The van der Waals surface area contributed by atoms with Gasteiger partial charge in [0.1, 0.15) is 6.04 Å². The van der Waals surface area contributed by atoms with Crippen molar-refractivity contribution in [3.8, 4) is 0 Å². The number of carbonyl (C=O) groups excluding carboxylic acids is 2. The van der Waals surface area contributed by atoms with Gasteiger partial charge in [-0.3, -0.25) is 14.4 Å². The van der Waals surface area contributed by atoms with Gasteiger partial charge < -0.3 is 15.7 Å². The number of anilines is 1. The molecule has 0 spiro atoms. The molecule has 0 saturated carbocycles. The van der Waals surface area contributed by atoms with Crippen molar-refractivity contribution in [1.82, 2.24) is 5.32 Å². The van der Waals surface area contributed by atoms with Crippen molar-refractivity contribution in [2.24, 2.45) is 0 Å². The molecule has 6 heteroatoms. The molecule has 1 atom stereocenters. The number of para-hydroxylation sites is 1. The van der Waals surface area contributed by atoms with Crippen molar-refractivity contribution in [1.29, 1.82) is 0 Å². The number of hydrogen-bond donors (Lipinski definition) is 3. The smallest absolute Gasteiger partial charge is 0.325 e. The highest BCUT2D eigenvalue weighted by atomic mass is 16.4. The Hall–Kier alpha value is -3.15. The minimum Gasteiger partial charge on any atom is -0.480 e. The number of aliphatic carboxylic acids is 1. The molecular weight excluding hydrogens is 296 g/mol. The van der Waals surface area contributed by atoms with Crippen molar-refractivity contribution in [3.63, 3.8) is 0 Å². The van der Waals surface area contributed by atoms with E-state index in [0.717, 1.165) is 0 Å². The largest absolute Gasteiger partial charge is 0.480 e. The van der Waals surface area contributed by atoms with Gasteiger partial charge in [-0.05, 0) is 31.2 Å². The number of carboxylic acids is 1. The number of carboxylic acid groups (broad SMARTS) is 1. The lowest BCUT2D eigenvalue weighted by Crippen LogP contribution is -2.38. The van der Waals surface area contributed by atoms with Gasteiger partial charge in [0, 0.05) is 5.56 Å². The van der Waals surface area contributed by atoms with Gasteiger partial charge in [-0.15, -0.1) is 0 Å². The van der Waals surface area contributed by atoms with E-state index in [0.29, 0.717) is 11.3 Å². The summed E-state index contributed by atoms with van der Waals surface area (Å²) in [6.07, 6.45) is 0. The van der Waals surface area contributed by atoms with Crippen LogP contribution in [0.25, 0.3) is 0 Å². The average molecular weight is 312 g/mol. The molecule has 2 amide bonds. The predicted molar refractivity (Wildman–Crippen MR) is 85.4 cm³/mol. The first-order valence-corrected chi connectivity index (χ1v) is 6.98. The molecule has 3 N–H and O–H groups in total. The van der Waals surface area contributed by atoms with E-state index < -0.39 is 17.9 Å². The molecule has 0 radical (unpaired) electrons. The van der Waals surface area contributed by atoms with Crippen molar-refractivity contribution >= 4 is 23.5 Å². The molecule has 2 aromatic rings. The highest BCUT2D eigenvalue weighted by Crippen LogP contribution is 2.16. The summed E-state index contributed by atoms with van der Waals surface area (Å²) in [6.45, 7) is 1.37. The Morgan fingerprint density at radius 1 is 0.913 bits per heavy atom. The fourth-order valence-corrected chi connectivity index (χ4v) is 1.91. The fourth-order valence-electron chi connectivity index (χ4n) is 1.91. The van der Waals surface area contributed by atoms with Crippen molar-refractivity contribution in [2.45, 2.75) is 13.0 Å². The van der Waals surface area contributed by atoms with Crippen LogP contribution in [-0.4, -0.2) is 28.9 Å². The minimum absolute atomic E-state index is 0.199. The predicted octanol–water partition coefficient (Wildman–Crippen LogP) is 2.14. The third-order valence-corrected chi connectivity index (χ3v) is 3.17. The Morgan fingerprint density at radius 2 is 1.52 bits per heavy atom. The molecule has 0 saturated heterocycles. The monoisotopic (exact) mass is 312 g/mol. The first-order valence-electron chi connectivity index (χ1n) is 6.98. The number of carbonyl (C=O) groups is 3. The maximum atomic E-state index is 12.2. The average Bonchev–Trinajstić information content (AvgIpc) is 2.55. The summed E-state index contributed by atoms with van der Waals surface area (Å²) in [5, 5.41) is 13.9. The zero-order valence-corrected chi connectivity index (χ0v) is 12.4. The van der Waals surface area contributed by atoms with Crippen LogP contribution in [0.4, 0.5) is 5.69 Å². The summed E-state index contributed by atoms with van der Waals surface area (Å²) >= 11 is 0. The van der Waals surface area contributed by atoms with Crippen molar-refractivity contribution < 1.29 is 19.5 Å². The number of hydrogen-bond acceptors (Lipinski definition) is 3. The van der Waals surface area contributed by atoms with Gasteiger partial charge >= 0.3 is 5.97 Å². The standard InChI is InChI=1S/C17H16N2O4/c1-11(17(22)23)18-16(21)13-9-5-6-10-14(13)19-15(20)12-7-3-2-4-8-12/h2-11H,1H3,(H,18,21)(H,19,20)(H,22,23)/t11-/m1/s1. The Balaban J connectivity index is 2.19. The first kappa shape index (κ1) is 16.2. The molecule has 0 aromatic heterocycles. The summed E-state index contributed by atoms with van der Waals surface area (Å²) in [5.41, 5.74) is 0.975. The van der Waals surface area contributed by atoms with Crippen LogP contribution in [0.1, 0.15) is 27.6 Å². The number of amides is 2. The summed E-state index contributed by atoms with van der Waals surface area (Å²) in [7, 11) is 0. The quantitative estimate of drug-likeness (QED) is 0.788. The fraction of sp³-hybridized carbons (Fsp3) is 0.118. The third kappa shape index (κ3) is 4.16. The minimum atomic E-state index is -1.14. The Bertz CT molecular complexity index is 728. The molecule has 0 aliphatic carbocycles. The van der Waals surface area contributed by atoms with Crippen LogP contribution in [0.2, 0.25) is 0 Å². The SMILES string of the molecule is C[C@@H](NC(=O)c1ccccc1NC(=O)c1ccccc1)C(=O)O. The molecule has 0 aliphatic rings. The van der Waals surface area contributed by atoms with Gasteiger partial charge in [0.25, 0.3) is 11.8 Å². The number of nitrogens with one attached hydrogen (secondary N) is 2. The maximum Gasteiger partial charge on any atom is 0.325 e. The maximum absolute atomic E-state index is 12.2. The van der Waals surface area contributed by atoms with E-state index in [1.165, 1.54) is 13.0 Å². The van der Waals surface area contributed by atoms with Crippen LogP contribution < -0.4 is 10.6 Å². The van der Waals surface area contributed by atoms with Crippen LogP contribution in [0.15, 0.2) is 54.6 Å². The zero-order chi connectivity index (χ0) is 16.8. The van der Waals surface area contributed by atoms with E-state index in [4.69, 9.17) is 5.11 Å². The topological polar surface area (TPSA) is 95.5 Å². The second-order valence-electron chi connectivity index (χ2n) is 4.90. The molecule has 0 aliphatic heterocycles. The third-order valence-electron chi connectivity index (χ3n) is 3.17. The number of benzene rings is 2. The second kappa shape index (κ2) is 7.22. The van der Waals surface area contributed by atoms with Gasteiger partial charge in [0.05, 0.1) is 11.3 Å². The summed E-state index contributed by atoms with van der Waals surface area (Å²) in [4.78, 5) is 35.2. The summed E-state index contributed by atoms with van der Waals surface area (Å²) < 4.78 is 0. The van der Waals surface area contributed by atoms with Gasteiger partial charge in [-0.2, -0.15) is 0 Å². The second-order valence-corrected chi connectivity index (χ2v) is 4.90. The van der Waals surface area contributed by atoms with E-state index in [1.807, 2.05) is 0 Å².